The van der Waals surface area contributed by atoms with Gasteiger partial charge in [-0.05, 0) is 41.0 Å². The Hall–Kier alpha value is -4.43. The van der Waals surface area contributed by atoms with Gasteiger partial charge in [0, 0.05) is 30.6 Å². The molecule has 182 valence electrons. The number of aromatic hydroxyl groups is 1. The average Bonchev–Trinajstić information content (AvgIpc) is 3.58. The predicted molar refractivity (Wildman–Crippen MR) is 133 cm³/mol. The quantitative estimate of drug-likeness (QED) is 0.386. The number of nitrogens with one attached hydrogen (secondary N) is 1. The number of likely N-dealkylation sites (tertiary alicyclic amines) is 1. The summed E-state index contributed by atoms with van der Waals surface area (Å²) in [6, 6.07) is 20.6. The van der Waals surface area contributed by atoms with Crippen molar-refractivity contribution in [3.63, 3.8) is 0 Å². The molecule has 1 fully saturated rings. The fourth-order valence-corrected chi connectivity index (χ4v) is 4.39. The molecule has 2 heterocycles. The normalized spacial score (nSPS) is 17.2. The van der Waals surface area contributed by atoms with Crippen LogP contribution in [0.2, 0.25) is 0 Å². The van der Waals surface area contributed by atoms with Crippen molar-refractivity contribution < 1.29 is 24.2 Å². The number of benzene rings is 3. The van der Waals surface area contributed by atoms with Crippen molar-refractivity contribution in [3.05, 3.63) is 96.5 Å². The molecule has 1 aliphatic heterocycles. The lowest BCUT2D eigenvalue weighted by atomic mass is 10.0. The molecule has 0 saturated carbocycles. The minimum absolute atomic E-state index is 0.0895. The Morgan fingerprint density at radius 3 is 2.47 bits per heavy atom. The van der Waals surface area contributed by atoms with Crippen LogP contribution in [0.3, 0.4) is 0 Å². The number of aromatic nitrogens is 1. The Bertz CT molecular complexity index is 1350. The van der Waals surface area contributed by atoms with Crippen molar-refractivity contribution in [2.24, 2.45) is 0 Å². The van der Waals surface area contributed by atoms with E-state index in [-0.39, 0.29) is 30.5 Å². The Kier molecular flexibility index (Phi) is 6.51. The fraction of sp³-hybridized carbons (Fsp3) is 0.179. The van der Waals surface area contributed by atoms with Crippen LogP contribution in [0.15, 0.2) is 89.8 Å². The van der Waals surface area contributed by atoms with Gasteiger partial charge in [0.1, 0.15) is 11.8 Å². The van der Waals surface area contributed by atoms with Gasteiger partial charge >= 0.3 is 0 Å². The highest BCUT2D eigenvalue weighted by Crippen LogP contribution is 2.26. The van der Waals surface area contributed by atoms with E-state index < -0.39 is 12.1 Å². The molecular formula is C28H25N3O5. The van der Waals surface area contributed by atoms with E-state index in [9.17, 15) is 19.8 Å². The van der Waals surface area contributed by atoms with E-state index in [0.717, 1.165) is 22.3 Å². The summed E-state index contributed by atoms with van der Waals surface area (Å²) in [5, 5.41) is 22.7. The third kappa shape index (κ3) is 4.99. The summed E-state index contributed by atoms with van der Waals surface area (Å²) in [5.74, 6) is 0.198. The number of phenolic OH excluding ortho intramolecular Hbond substituents is 1. The van der Waals surface area contributed by atoms with E-state index in [4.69, 9.17) is 4.42 Å². The number of phenols is 1. The Morgan fingerprint density at radius 2 is 1.75 bits per heavy atom. The molecule has 3 N–H and O–H groups in total. The van der Waals surface area contributed by atoms with Gasteiger partial charge in [-0.3, -0.25) is 9.59 Å². The van der Waals surface area contributed by atoms with Crippen molar-refractivity contribution >= 4 is 11.8 Å². The second kappa shape index (κ2) is 10.1. The number of hydrogen-bond acceptors (Lipinski definition) is 6. The van der Waals surface area contributed by atoms with Crippen molar-refractivity contribution in [1.82, 2.24) is 15.2 Å². The maximum atomic E-state index is 13.4. The van der Waals surface area contributed by atoms with Gasteiger partial charge in [-0.2, -0.15) is 0 Å². The Balaban J connectivity index is 1.26. The molecular weight excluding hydrogens is 458 g/mol. The second-order valence-electron chi connectivity index (χ2n) is 8.77. The summed E-state index contributed by atoms with van der Waals surface area (Å²) >= 11 is 0. The molecule has 1 aromatic heterocycles. The highest BCUT2D eigenvalue weighted by atomic mass is 16.3. The highest BCUT2D eigenvalue weighted by molar-refractivity contribution is 5.99. The first-order chi connectivity index (χ1) is 17.5. The lowest BCUT2D eigenvalue weighted by Gasteiger charge is -2.24. The number of hydrogen-bond donors (Lipinski definition) is 3. The standard InChI is InChI=1S/C28H25N3O5/c32-23-10-8-19(9-11-23)21-2-1-3-22(12-21)28(35)31-16-24(33)13-25(31)27(34)30-14-18-4-6-20(7-5-18)26-15-29-17-36-26/h1-12,15,17,24-25,32-33H,13-14,16H2,(H,30,34). The number of aliphatic hydroxyl groups excluding tert-OH is 1. The number of β-amino-alcohol motifs (C(OH)–C–C–N with tert-alkyl or cyclic N) is 1. The van der Waals surface area contributed by atoms with E-state index in [0.29, 0.717) is 17.9 Å². The third-order valence-corrected chi connectivity index (χ3v) is 6.29. The van der Waals surface area contributed by atoms with Crippen LogP contribution in [0, 0.1) is 0 Å². The summed E-state index contributed by atoms with van der Waals surface area (Å²) in [7, 11) is 0. The smallest absolute Gasteiger partial charge is 0.254 e. The van der Waals surface area contributed by atoms with E-state index in [1.807, 2.05) is 30.3 Å². The van der Waals surface area contributed by atoms with Gasteiger partial charge in [-0.15, -0.1) is 0 Å². The molecule has 3 aromatic carbocycles. The predicted octanol–water partition coefficient (Wildman–Crippen LogP) is 3.61. The molecule has 8 nitrogen and oxygen atoms in total. The summed E-state index contributed by atoms with van der Waals surface area (Å²) < 4.78 is 5.29. The number of amides is 2. The van der Waals surface area contributed by atoms with Crippen LogP contribution in [0.4, 0.5) is 0 Å². The van der Waals surface area contributed by atoms with Crippen molar-refractivity contribution in [2.75, 3.05) is 6.54 Å². The van der Waals surface area contributed by atoms with Gasteiger partial charge in [0.2, 0.25) is 5.91 Å². The topological polar surface area (TPSA) is 116 Å². The van der Waals surface area contributed by atoms with Gasteiger partial charge in [-0.1, -0.05) is 48.5 Å². The monoisotopic (exact) mass is 483 g/mol. The summed E-state index contributed by atoms with van der Waals surface area (Å²) in [5.41, 5.74) is 3.87. The molecule has 4 aromatic rings. The van der Waals surface area contributed by atoms with E-state index in [1.165, 1.54) is 11.3 Å². The minimum Gasteiger partial charge on any atom is -0.508 e. The molecule has 1 saturated heterocycles. The van der Waals surface area contributed by atoms with E-state index in [1.54, 1.807) is 48.7 Å². The van der Waals surface area contributed by atoms with E-state index >= 15 is 0 Å². The van der Waals surface area contributed by atoms with Crippen molar-refractivity contribution in [1.29, 1.82) is 0 Å². The number of nitrogens with zero attached hydrogens (tertiary/aromatic N) is 2. The van der Waals surface area contributed by atoms with Gasteiger partial charge in [0.05, 0.1) is 12.3 Å². The van der Waals surface area contributed by atoms with E-state index in [2.05, 4.69) is 10.3 Å². The number of aliphatic hydroxyl groups is 1. The van der Waals surface area contributed by atoms with Gasteiger partial charge in [-0.25, -0.2) is 4.98 Å². The number of carbonyl (C=O) groups is 2. The Labute approximate surface area is 207 Å². The SMILES string of the molecule is O=C(NCc1ccc(-c2cnco2)cc1)C1CC(O)CN1C(=O)c1cccc(-c2ccc(O)cc2)c1. The fourth-order valence-electron chi connectivity index (χ4n) is 4.39. The second-order valence-corrected chi connectivity index (χ2v) is 8.77. The molecule has 0 aliphatic carbocycles. The maximum Gasteiger partial charge on any atom is 0.254 e. The highest BCUT2D eigenvalue weighted by Gasteiger charge is 2.39. The van der Waals surface area contributed by atoms with Crippen LogP contribution < -0.4 is 5.32 Å². The zero-order valence-corrected chi connectivity index (χ0v) is 19.4. The molecule has 8 heteroatoms. The lowest BCUT2D eigenvalue weighted by molar-refractivity contribution is -0.125. The molecule has 5 rings (SSSR count). The minimum atomic E-state index is -0.772. The lowest BCUT2D eigenvalue weighted by Crippen LogP contribution is -2.45. The molecule has 0 radical (unpaired) electrons. The van der Waals surface area contributed by atoms with Crippen LogP contribution in [-0.2, 0) is 11.3 Å². The van der Waals surface area contributed by atoms with Crippen LogP contribution in [0.5, 0.6) is 5.75 Å². The van der Waals surface area contributed by atoms with Crippen LogP contribution >= 0.6 is 0 Å². The van der Waals surface area contributed by atoms with Crippen molar-refractivity contribution in [3.8, 4) is 28.2 Å². The van der Waals surface area contributed by atoms with Gasteiger partial charge < -0.3 is 24.8 Å². The molecule has 0 bridgehead atoms. The van der Waals surface area contributed by atoms with Crippen LogP contribution in [-0.4, -0.2) is 50.6 Å². The van der Waals surface area contributed by atoms with Crippen molar-refractivity contribution in [2.45, 2.75) is 25.1 Å². The first kappa shape index (κ1) is 23.3. The zero-order chi connectivity index (χ0) is 25.1. The number of carbonyl (C=O) groups excluding carboxylic acids is 2. The summed E-state index contributed by atoms with van der Waals surface area (Å²) in [4.78, 5) is 31.7. The van der Waals surface area contributed by atoms with Gasteiger partial charge in [0.15, 0.2) is 12.2 Å². The average molecular weight is 484 g/mol. The Morgan fingerprint density at radius 1 is 1.00 bits per heavy atom. The molecule has 2 amide bonds. The van der Waals surface area contributed by atoms with Crippen LogP contribution in [0.1, 0.15) is 22.3 Å². The molecule has 0 spiro atoms. The largest absolute Gasteiger partial charge is 0.508 e. The molecule has 36 heavy (non-hydrogen) atoms. The first-order valence-electron chi connectivity index (χ1n) is 11.6. The van der Waals surface area contributed by atoms with Crippen LogP contribution in [0.25, 0.3) is 22.5 Å². The maximum absolute atomic E-state index is 13.4. The third-order valence-electron chi connectivity index (χ3n) is 6.29. The van der Waals surface area contributed by atoms with Gasteiger partial charge in [0.25, 0.3) is 5.91 Å². The number of oxazole rings is 1. The molecule has 2 unspecified atom stereocenters. The summed E-state index contributed by atoms with van der Waals surface area (Å²) in [6.07, 6.45) is 2.41. The zero-order valence-electron chi connectivity index (χ0n) is 19.4. The summed E-state index contributed by atoms with van der Waals surface area (Å²) in [6.45, 7) is 0.382. The molecule has 1 aliphatic rings. The molecule has 2 atom stereocenters. The number of rotatable bonds is 6. The first-order valence-corrected chi connectivity index (χ1v) is 11.6.